The second-order valence-corrected chi connectivity index (χ2v) is 7.96. The minimum atomic E-state index is -0.749. The van der Waals surface area contributed by atoms with E-state index in [4.69, 9.17) is 23.2 Å². The minimum absolute atomic E-state index is 0.0106. The lowest BCUT2D eigenvalue weighted by molar-refractivity contribution is -0.132. The maximum atomic E-state index is 12.6. The third-order valence-corrected chi connectivity index (χ3v) is 5.63. The van der Waals surface area contributed by atoms with Gasteiger partial charge in [-0.2, -0.15) is 0 Å². The van der Waals surface area contributed by atoms with Crippen LogP contribution in [0.2, 0.25) is 10.0 Å². The Morgan fingerprint density at radius 2 is 1.63 bits per heavy atom. The highest BCUT2D eigenvalue weighted by molar-refractivity contribution is 6.30. The Morgan fingerprint density at radius 3 is 2.22 bits per heavy atom. The van der Waals surface area contributed by atoms with E-state index in [-0.39, 0.29) is 30.8 Å². The third-order valence-electron chi connectivity index (χ3n) is 5.12. The molecule has 0 saturated carbocycles. The van der Waals surface area contributed by atoms with Gasteiger partial charge < -0.3 is 15.1 Å². The van der Waals surface area contributed by atoms with Crippen LogP contribution in [0.15, 0.2) is 48.5 Å². The first kappa shape index (κ1) is 20.2. The number of aliphatic hydroxyl groups is 2. The van der Waals surface area contributed by atoms with E-state index >= 15 is 0 Å². The van der Waals surface area contributed by atoms with Gasteiger partial charge in [-0.15, -0.1) is 0 Å². The lowest BCUT2D eigenvalue weighted by Gasteiger charge is -2.19. The topological polar surface area (TPSA) is 60.8 Å². The van der Waals surface area contributed by atoms with Crippen LogP contribution < -0.4 is 0 Å². The fraction of sp³-hybridized carbons (Fsp3) is 0.381. The van der Waals surface area contributed by atoms with Crippen LogP contribution in [0.4, 0.5) is 0 Å². The monoisotopic (exact) mass is 407 g/mol. The number of hydrogen-bond donors (Lipinski definition) is 2. The highest BCUT2D eigenvalue weighted by atomic mass is 35.5. The number of carbonyl (C=O) groups is 1. The molecule has 3 atom stereocenters. The summed E-state index contributed by atoms with van der Waals surface area (Å²) in [5.74, 6) is -0.0282. The lowest BCUT2D eigenvalue weighted by atomic mass is 9.90. The molecule has 6 heteroatoms. The van der Waals surface area contributed by atoms with Crippen molar-refractivity contribution in [2.75, 3.05) is 19.7 Å². The number of nitrogens with zero attached hydrogens (tertiary/aromatic N) is 1. The van der Waals surface area contributed by atoms with Gasteiger partial charge in [-0.05, 0) is 41.8 Å². The molecule has 0 bridgehead atoms. The average Bonchev–Trinajstić information content (AvgIpc) is 3.09. The molecule has 1 fully saturated rings. The van der Waals surface area contributed by atoms with E-state index in [1.807, 2.05) is 36.4 Å². The quantitative estimate of drug-likeness (QED) is 0.769. The number of aliphatic hydroxyl groups excluding tert-OH is 2. The van der Waals surface area contributed by atoms with Gasteiger partial charge in [0, 0.05) is 41.6 Å². The van der Waals surface area contributed by atoms with Gasteiger partial charge in [0.2, 0.25) is 5.91 Å². The van der Waals surface area contributed by atoms with E-state index in [0.29, 0.717) is 29.6 Å². The number of likely N-dealkylation sites (tertiary alicyclic amines) is 1. The summed E-state index contributed by atoms with van der Waals surface area (Å²) >= 11 is 11.8. The molecule has 4 nitrogen and oxygen atoms in total. The van der Waals surface area contributed by atoms with Crippen molar-refractivity contribution in [2.24, 2.45) is 5.92 Å². The zero-order chi connectivity index (χ0) is 19.4. The largest absolute Gasteiger partial charge is 0.396 e. The van der Waals surface area contributed by atoms with Crippen molar-refractivity contribution >= 4 is 29.1 Å². The van der Waals surface area contributed by atoms with Crippen LogP contribution in [0, 0.1) is 5.92 Å². The standard InChI is InChI=1S/C21H23Cl2NO3/c22-17-5-1-14(2-6-17)9-19(26)10-21(27)24-11-16(13-25)20(12-24)15-3-7-18(23)8-4-15/h1-8,16,19-20,25-26H,9-13H2/t16-,19-,20-/m1/s1. The Morgan fingerprint density at radius 1 is 1.04 bits per heavy atom. The van der Waals surface area contributed by atoms with Crippen LogP contribution in [0.1, 0.15) is 23.5 Å². The van der Waals surface area contributed by atoms with Crippen molar-refractivity contribution in [1.82, 2.24) is 4.90 Å². The molecule has 144 valence electrons. The molecule has 2 N–H and O–H groups in total. The molecule has 1 saturated heterocycles. The second-order valence-electron chi connectivity index (χ2n) is 7.09. The Labute approximate surface area is 169 Å². The summed E-state index contributed by atoms with van der Waals surface area (Å²) in [6, 6.07) is 14.8. The molecule has 1 aliphatic heterocycles. The fourth-order valence-corrected chi connectivity index (χ4v) is 3.89. The summed E-state index contributed by atoms with van der Waals surface area (Å²) in [6.45, 7) is 1.06. The normalized spacial score (nSPS) is 20.7. The Kier molecular flexibility index (Phi) is 6.77. The average molecular weight is 408 g/mol. The number of rotatable bonds is 6. The van der Waals surface area contributed by atoms with Gasteiger partial charge in [-0.1, -0.05) is 47.5 Å². The molecule has 0 unspecified atom stereocenters. The highest BCUT2D eigenvalue weighted by Gasteiger charge is 2.36. The van der Waals surface area contributed by atoms with Crippen molar-refractivity contribution in [2.45, 2.75) is 24.9 Å². The number of amides is 1. The second kappa shape index (κ2) is 9.07. The van der Waals surface area contributed by atoms with Gasteiger partial charge in [0.1, 0.15) is 0 Å². The predicted molar refractivity (Wildman–Crippen MR) is 107 cm³/mol. The molecule has 27 heavy (non-hydrogen) atoms. The predicted octanol–water partition coefficient (Wildman–Crippen LogP) is 3.52. The van der Waals surface area contributed by atoms with Crippen LogP contribution in [0.5, 0.6) is 0 Å². The highest BCUT2D eigenvalue weighted by Crippen LogP contribution is 2.33. The Balaban J connectivity index is 1.59. The first-order valence-corrected chi connectivity index (χ1v) is 9.78. The van der Waals surface area contributed by atoms with Crippen molar-refractivity contribution in [3.8, 4) is 0 Å². The van der Waals surface area contributed by atoms with Gasteiger partial charge in [0.05, 0.1) is 12.5 Å². The number of hydrogen-bond acceptors (Lipinski definition) is 3. The molecule has 0 aliphatic carbocycles. The Bertz CT molecular complexity index is 764. The molecular formula is C21H23Cl2NO3. The van der Waals surface area contributed by atoms with Crippen molar-refractivity contribution < 1.29 is 15.0 Å². The van der Waals surface area contributed by atoms with Gasteiger partial charge in [0.15, 0.2) is 0 Å². The molecule has 1 heterocycles. The zero-order valence-corrected chi connectivity index (χ0v) is 16.4. The minimum Gasteiger partial charge on any atom is -0.396 e. The summed E-state index contributed by atoms with van der Waals surface area (Å²) in [6.07, 6.45) is -0.282. The van der Waals surface area contributed by atoms with Crippen molar-refractivity contribution in [1.29, 1.82) is 0 Å². The van der Waals surface area contributed by atoms with E-state index in [0.717, 1.165) is 11.1 Å². The fourth-order valence-electron chi connectivity index (χ4n) is 3.64. The zero-order valence-electron chi connectivity index (χ0n) is 14.9. The smallest absolute Gasteiger partial charge is 0.225 e. The van der Waals surface area contributed by atoms with E-state index in [2.05, 4.69) is 0 Å². The summed E-state index contributed by atoms with van der Waals surface area (Å²) in [5.41, 5.74) is 2.00. The Hall–Kier alpha value is -1.59. The van der Waals surface area contributed by atoms with Crippen LogP contribution in [0.25, 0.3) is 0 Å². The van der Waals surface area contributed by atoms with Crippen LogP contribution in [-0.2, 0) is 11.2 Å². The third kappa shape index (κ3) is 5.23. The molecule has 3 rings (SSSR count). The van der Waals surface area contributed by atoms with E-state index in [1.54, 1.807) is 17.0 Å². The number of halogens is 2. The van der Waals surface area contributed by atoms with Crippen LogP contribution >= 0.6 is 23.2 Å². The molecular weight excluding hydrogens is 385 g/mol. The molecule has 1 aliphatic rings. The van der Waals surface area contributed by atoms with Crippen molar-refractivity contribution in [3.05, 3.63) is 69.7 Å². The first-order chi connectivity index (χ1) is 13.0. The molecule has 2 aromatic rings. The van der Waals surface area contributed by atoms with Crippen molar-refractivity contribution in [3.63, 3.8) is 0 Å². The van der Waals surface area contributed by atoms with Crippen LogP contribution in [-0.4, -0.2) is 46.8 Å². The van der Waals surface area contributed by atoms with Gasteiger partial charge in [0.25, 0.3) is 0 Å². The SMILES string of the molecule is O=C(C[C@H](O)Cc1ccc(Cl)cc1)N1C[C@H](CO)[C@@H](c2ccc(Cl)cc2)C1. The van der Waals surface area contributed by atoms with Gasteiger partial charge in [-0.3, -0.25) is 4.79 Å². The number of benzene rings is 2. The first-order valence-electron chi connectivity index (χ1n) is 9.03. The van der Waals surface area contributed by atoms with Crippen LogP contribution in [0.3, 0.4) is 0 Å². The molecule has 1 amide bonds. The lowest BCUT2D eigenvalue weighted by Crippen LogP contribution is -2.32. The summed E-state index contributed by atoms with van der Waals surface area (Å²) in [4.78, 5) is 14.4. The van der Waals surface area contributed by atoms with E-state index in [9.17, 15) is 15.0 Å². The summed E-state index contributed by atoms with van der Waals surface area (Å²) in [5, 5.41) is 21.3. The molecule has 0 radical (unpaired) electrons. The molecule has 0 spiro atoms. The van der Waals surface area contributed by atoms with Gasteiger partial charge >= 0.3 is 0 Å². The summed E-state index contributed by atoms with van der Waals surface area (Å²) in [7, 11) is 0. The van der Waals surface area contributed by atoms with Gasteiger partial charge in [-0.25, -0.2) is 0 Å². The maximum absolute atomic E-state index is 12.6. The van der Waals surface area contributed by atoms with E-state index in [1.165, 1.54) is 0 Å². The maximum Gasteiger partial charge on any atom is 0.225 e. The summed E-state index contributed by atoms with van der Waals surface area (Å²) < 4.78 is 0. The number of carbonyl (C=O) groups excluding carboxylic acids is 1. The molecule has 2 aromatic carbocycles. The van der Waals surface area contributed by atoms with E-state index < -0.39 is 6.10 Å². The molecule has 0 aromatic heterocycles.